The highest BCUT2D eigenvalue weighted by Gasteiger charge is 2.25. The van der Waals surface area contributed by atoms with Gasteiger partial charge in [0, 0.05) is 11.4 Å². The molecule has 0 fully saturated rings. The molecule has 0 radical (unpaired) electrons. The number of thiocarbonyl (C=S) groups is 1. The normalized spacial score (nSPS) is 13.7. The maximum atomic E-state index is 12.7. The topological polar surface area (TPSA) is 50.4 Å². The number of rotatable bonds is 13. The third-order valence-electron chi connectivity index (χ3n) is 5.94. The lowest BCUT2D eigenvalue weighted by molar-refractivity contribution is 0.0526. The maximum absolute atomic E-state index is 12.7. The van der Waals surface area contributed by atoms with Crippen LogP contribution in [0.1, 0.15) is 118 Å². The molecule has 6 heteroatoms. The van der Waals surface area contributed by atoms with Gasteiger partial charge in [-0.25, -0.2) is 4.79 Å². The fourth-order valence-electron chi connectivity index (χ4n) is 4.21. The van der Waals surface area contributed by atoms with Gasteiger partial charge in [-0.05, 0) is 56.8 Å². The van der Waals surface area contributed by atoms with Crippen LogP contribution in [0.15, 0.2) is 0 Å². The van der Waals surface area contributed by atoms with Gasteiger partial charge >= 0.3 is 5.97 Å². The standard InChI is InChI=1S/C25H42N2O2S2/c1-3-5-6-7-8-9-10-13-16-19-26-25(30)27-23-22(24(28)29-4-2)20-17-14-11-12-15-18-21(20)31-23/h3-19H2,1-2H3,(H2,26,27,30). The van der Waals surface area contributed by atoms with Gasteiger partial charge in [0.15, 0.2) is 5.11 Å². The van der Waals surface area contributed by atoms with Crippen molar-refractivity contribution >= 4 is 39.6 Å². The van der Waals surface area contributed by atoms with E-state index in [1.165, 1.54) is 81.1 Å². The molecule has 4 nitrogen and oxygen atoms in total. The van der Waals surface area contributed by atoms with Crippen molar-refractivity contribution in [2.24, 2.45) is 0 Å². The average Bonchev–Trinajstić information content (AvgIpc) is 3.05. The number of ether oxygens (including phenoxy) is 1. The second-order valence-corrected chi connectivity index (χ2v) is 10.1. The second kappa shape index (κ2) is 15.6. The van der Waals surface area contributed by atoms with Crippen LogP contribution in [0.25, 0.3) is 0 Å². The van der Waals surface area contributed by atoms with Gasteiger partial charge in [-0.2, -0.15) is 0 Å². The molecule has 1 aliphatic rings. The quantitative estimate of drug-likeness (QED) is 0.180. The van der Waals surface area contributed by atoms with E-state index in [1.807, 2.05) is 6.92 Å². The summed E-state index contributed by atoms with van der Waals surface area (Å²) in [6.07, 6.45) is 18.7. The first-order chi connectivity index (χ1) is 15.2. The zero-order valence-corrected chi connectivity index (χ0v) is 21.3. The first-order valence-electron chi connectivity index (χ1n) is 12.5. The largest absolute Gasteiger partial charge is 0.462 e. The van der Waals surface area contributed by atoms with Gasteiger partial charge < -0.3 is 15.4 Å². The minimum atomic E-state index is -0.218. The van der Waals surface area contributed by atoms with Crippen LogP contribution in [0, 0.1) is 0 Å². The van der Waals surface area contributed by atoms with Crippen LogP contribution in [0.5, 0.6) is 0 Å². The fourth-order valence-corrected chi connectivity index (χ4v) is 5.76. The van der Waals surface area contributed by atoms with Crippen molar-refractivity contribution in [1.29, 1.82) is 0 Å². The van der Waals surface area contributed by atoms with Crippen molar-refractivity contribution < 1.29 is 9.53 Å². The number of fused-ring (bicyclic) bond motifs is 1. The molecule has 1 aromatic heterocycles. The van der Waals surface area contributed by atoms with Gasteiger partial charge in [-0.1, -0.05) is 71.1 Å². The van der Waals surface area contributed by atoms with Crippen molar-refractivity contribution in [2.45, 2.75) is 110 Å². The highest BCUT2D eigenvalue weighted by atomic mass is 32.1. The second-order valence-electron chi connectivity index (χ2n) is 8.55. The number of hydrogen-bond donors (Lipinski definition) is 2. The highest BCUT2D eigenvalue weighted by molar-refractivity contribution is 7.80. The van der Waals surface area contributed by atoms with E-state index in [2.05, 4.69) is 17.6 Å². The Kier molecular flexibility index (Phi) is 13.2. The summed E-state index contributed by atoms with van der Waals surface area (Å²) in [5, 5.41) is 8.11. The number of carbonyl (C=O) groups is 1. The number of thiophene rings is 1. The Morgan fingerprint density at radius 1 is 0.935 bits per heavy atom. The Bertz CT molecular complexity index is 673. The summed E-state index contributed by atoms with van der Waals surface area (Å²) in [5.41, 5.74) is 1.91. The summed E-state index contributed by atoms with van der Waals surface area (Å²) < 4.78 is 5.38. The Morgan fingerprint density at radius 2 is 1.58 bits per heavy atom. The minimum Gasteiger partial charge on any atom is -0.462 e. The molecule has 176 valence electrons. The van der Waals surface area contributed by atoms with E-state index in [0.29, 0.717) is 11.7 Å². The zero-order valence-electron chi connectivity index (χ0n) is 19.7. The lowest BCUT2D eigenvalue weighted by Gasteiger charge is -2.12. The fraction of sp³-hybridized carbons (Fsp3) is 0.760. The molecule has 2 N–H and O–H groups in total. The monoisotopic (exact) mass is 466 g/mol. The van der Waals surface area contributed by atoms with E-state index in [4.69, 9.17) is 17.0 Å². The number of hydrogen-bond acceptors (Lipinski definition) is 4. The molecular weight excluding hydrogens is 424 g/mol. The molecule has 2 rings (SSSR count). The Morgan fingerprint density at radius 3 is 2.26 bits per heavy atom. The molecule has 1 aromatic rings. The number of esters is 1. The number of nitrogens with one attached hydrogen (secondary N) is 2. The zero-order chi connectivity index (χ0) is 22.3. The van der Waals surface area contributed by atoms with E-state index >= 15 is 0 Å². The van der Waals surface area contributed by atoms with Gasteiger partial charge in [0.05, 0.1) is 12.2 Å². The van der Waals surface area contributed by atoms with Gasteiger partial charge in [-0.15, -0.1) is 11.3 Å². The van der Waals surface area contributed by atoms with Gasteiger partial charge in [0.25, 0.3) is 0 Å². The third-order valence-corrected chi connectivity index (χ3v) is 7.40. The van der Waals surface area contributed by atoms with Crippen molar-refractivity contribution in [2.75, 3.05) is 18.5 Å². The lowest BCUT2D eigenvalue weighted by atomic mass is 9.96. The predicted molar refractivity (Wildman–Crippen MR) is 138 cm³/mol. The van der Waals surface area contributed by atoms with E-state index < -0.39 is 0 Å². The number of carbonyl (C=O) groups excluding carboxylic acids is 1. The number of aryl methyl sites for hydroxylation is 1. The minimum absolute atomic E-state index is 0.218. The first kappa shape index (κ1) is 26.1. The number of anilines is 1. The van der Waals surface area contributed by atoms with Crippen LogP contribution < -0.4 is 10.6 Å². The Balaban J connectivity index is 1.79. The average molecular weight is 467 g/mol. The van der Waals surface area contributed by atoms with Crippen molar-refractivity contribution in [3.05, 3.63) is 16.0 Å². The molecule has 0 aliphatic heterocycles. The molecule has 0 bridgehead atoms. The molecular formula is C25H42N2O2S2. The third kappa shape index (κ3) is 9.48. The summed E-state index contributed by atoms with van der Waals surface area (Å²) in [7, 11) is 0. The molecule has 0 saturated carbocycles. The molecule has 0 atom stereocenters. The summed E-state index contributed by atoms with van der Waals surface area (Å²) in [6, 6.07) is 0. The van der Waals surface area contributed by atoms with Crippen molar-refractivity contribution in [1.82, 2.24) is 5.32 Å². The first-order valence-corrected chi connectivity index (χ1v) is 13.8. The smallest absolute Gasteiger partial charge is 0.341 e. The summed E-state index contributed by atoms with van der Waals surface area (Å²) in [6.45, 7) is 5.39. The van der Waals surface area contributed by atoms with Gasteiger partial charge in [0.2, 0.25) is 0 Å². The van der Waals surface area contributed by atoms with Crippen molar-refractivity contribution in [3.63, 3.8) is 0 Å². The molecule has 0 saturated heterocycles. The van der Waals surface area contributed by atoms with Gasteiger partial charge in [-0.3, -0.25) is 0 Å². The lowest BCUT2D eigenvalue weighted by Crippen LogP contribution is -2.29. The molecule has 0 unspecified atom stereocenters. The predicted octanol–water partition coefficient (Wildman–Crippen LogP) is 7.40. The molecule has 31 heavy (non-hydrogen) atoms. The maximum Gasteiger partial charge on any atom is 0.341 e. The van der Waals surface area contributed by atoms with E-state index in [1.54, 1.807) is 11.3 Å². The van der Waals surface area contributed by atoms with E-state index in [-0.39, 0.29) is 5.97 Å². The van der Waals surface area contributed by atoms with Crippen LogP contribution in [0.3, 0.4) is 0 Å². The van der Waals surface area contributed by atoms with E-state index in [9.17, 15) is 4.79 Å². The molecule has 0 aromatic carbocycles. The summed E-state index contributed by atoms with van der Waals surface area (Å²) >= 11 is 7.22. The van der Waals surface area contributed by atoms with Crippen LogP contribution in [-0.4, -0.2) is 24.2 Å². The molecule has 0 amide bonds. The van der Waals surface area contributed by atoms with Crippen LogP contribution in [-0.2, 0) is 17.6 Å². The van der Waals surface area contributed by atoms with Crippen LogP contribution in [0.2, 0.25) is 0 Å². The Labute approximate surface area is 198 Å². The molecule has 0 spiro atoms. The van der Waals surface area contributed by atoms with Gasteiger partial charge in [0.1, 0.15) is 5.00 Å². The van der Waals surface area contributed by atoms with Crippen molar-refractivity contribution in [3.8, 4) is 0 Å². The van der Waals surface area contributed by atoms with E-state index in [0.717, 1.165) is 42.8 Å². The molecule has 1 aliphatic carbocycles. The highest BCUT2D eigenvalue weighted by Crippen LogP contribution is 2.37. The van der Waals surface area contributed by atoms with Crippen LogP contribution >= 0.6 is 23.6 Å². The Hall–Kier alpha value is -1.14. The van der Waals surface area contributed by atoms with Crippen LogP contribution in [0.4, 0.5) is 5.00 Å². The SMILES string of the molecule is CCCCCCCCCCCNC(=S)Nc1sc2c(c1C(=O)OCC)CCCCCC2. The number of unbranched alkanes of at least 4 members (excludes halogenated alkanes) is 8. The molecule has 1 heterocycles. The summed E-state index contributed by atoms with van der Waals surface area (Å²) in [4.78, 5) is 14.0. The summed E-state index contributed by atoms with van der Waals surface area (Å²) in [5.74, 6) is -0.218.